The maximum Gasteiger partial charge on any atom is 0.0543 e. The molecule has 0 amide bonds. The van der Waals surface area contributed by atoms with Gasteiger partial charge in [0.1, 0.15) is 0 Å². The lowest BCUT2D eigenvalue weighted by atomic mass is 9.63. The minimum absolute atomic E-state index is 0.0883. The fourth-order valence-corrected chi connectivity index (χ4v) is 10.5. The molecule has 0 aromatic heterocycles. The molecule has 3 aliphatic carbocycles. The first-order chi connectivity index (χ1) is 26.5. The van der Waals surface area contributed by atoms with E-state index in [0.717, 1.165) is 0 Å². The first-order valence-corrected chi connectivity index (χ1v) is 21.0. The van der Waals surface area contributed by atoms with Crippen LogP contribution in [0.15, 0.2) is 127 Å². The van der Waals surface area contributed by atoms with Crippen molar-refractivity contribution in [1.82, 2.24) is 0 Å². The average molecular weight is 734 g/mol. The molecule has 0 aliphatic heterocycles. The second kappa shape index (κ2) is 12.6. The fraction of sp³-hybridized carbons (Fsp3) is 0.345. The summed E-state index contributed by atoms with van der Waals surface area (Å²) in [5.41, 5.74) is 20.5. The normalized spacial score (nSPS) is 19.0. The van der Waals surface area contributed by atoms with Crippen LogP contribution in [0.25, 0.3) is 33.4 Å². The molecule has 6 aromatic rings. The van der Waals surface area contributed by atoms with Crippen molar-refractivity contribution >= 4 is 17.1 Å². The van der Waals surface area contributed by atoms with E-state index in [1.54, 1.807) is 0 Å². The minimum atomic E-state index is -0.133. The monoisotopic (exact) mass is 733 g/mol. The number of anilines is 3. The third-order valence-electron chi connectivity index (χ3n) is 14.4. The number of rotatable bonds is 5. The molecule has 9 rings (SSSR count). The molecule has 1 heteroatoms. The second-order valence-electron chi connectivity index (χ2n) is 20.4. The molecule has 6 aromatic carbocycles. The molecule has 56 heavy (non-hydrogen) atoms. The van der Waals surface area contributed by atoms with Gasteiger partial charge in [0.25, 0.3) is 0 Å². The highest BCUT2D eigenvalue weighted by atomic mass is 15.1. The van der Waals surface area contributed by atoms with Crippen molar-refractivity contribution in [2.45, 2.75) is 122 Å². The van der Waals surface area contributed by atoms with Crippen LogP contribution in [0.5, 0.6) is 0 Å². The molecule has 0 saturated carbocycles. The number of benzene rings is 6. The summed E-state index contributed by atoms with van der Waals surface area (Å²) < 4.78 is 0. The van der Waals surface area contributed by atoms with E-state index < -0.39 is 0 Å². The molecule has 0 saturated heterocycles. The maximum atomic E-state index is 2.58. The first kappa shape index (κ1) is 36.7. The highest BCUT2D eigenvalue weighted by Crippen LogP contribution is 2.55. The molecule has 0 atom stereocenters. The molecule has 0 radical (unpaired) electrons. The number of hydrogen-bond donors (Lipinski definition) is 0. The van der Waals surface area contributed by atoms with Crippen molar-refractivity contribution in [2.75, 3.05) is 4.90 Å². The van der Waals surface area contributed by atoms with Gasteiger partial charge in [-0.3, -0.25) is 0 Å². The predicted molar refractivity (Wildman–Crippen MR) is 240 cm³/mol. The van der Waals surface area contributed by atoms with Crippen LogP contribution in [0.3, 0.4) is 0 Å². The lowest BCUT2D eigenvalue weighted by Gasteiger charge is -2.43. The summed E-state index contributed by atoms with van der Waals surface area (Å²) >= 11 is 0. The summed E-state index contributed by atoms with van der Waals surface area (Å²) in [7, 11) is 0. The molecular formula is C55H59N. The Labute approximate surface area is 336 Å². The van der Waals surface area contributed by atoms with Crippen molar-refractivity contribution < 1.29 is 0 Å². The fourth-order valence-electron chi connectivity index (χ4n) is 10.5. The molecule has 0 N–H and O–H groups in total. The predicted octanol–water partition coefficient (Wildman–Crippen LogP) is 15.5. The Balaban J connectivity index is 1.34. The molecule has 3 aliphatic rings. The van der Waals surface area contributed by atoms with Gasteiger partial charge in [0.2, 0.25) is 0 Å². The third-order valence-corrected chi connectivity index (χ3v) is 14.4. The largest absolute Gasteiger partial charge is 0.310 e. The number of fused-ring (bicyclic) bond motifs is 5. The van der Waals surface area contributed by atoms with Crippen LogP contribution in [0.4, 0.5) is 17.1 Å². The average Bonchev–Trinajstić information content (AvgIpc) is 3.41. The zero-order valence-corrected chi connectivity index (χ0v) is 35.4. The van der Waals surface area contributed by atoms with Gasteiger partial charge in [-0.05, 0) is 145 Å². The van der Waals surface area contributed by atoms with Gasteiger partial charge in [0, 0.05) is 22.4 Å². The van der Waals surface area contributed by atoms with Crippen molar-refractivity contribution in [3.05, 3.63) is 161 Å². The highest BCUT2D eigenvalue weighted by molar-refractivity contribution is 5.95. The Morgan fingerprint density at radius 2 is 0.839 bits per heavy atom. The van der Waals surface area contributed by atoms with Crippen LogP contribution in [-0.4, -0.2) is 0 Å². The summed E-state index contributed by atoms with van der Waals surface area (Å²) in [5.74, 6) is 0. The Morgan fingerprint density at radius 1 is 0.339 bits per heavy atom. The van der Waals surface area contributed by atoms with Gasteiger partial charge >= 0.3 is 0 Å². The van der Waals surface area contributed by atoms with Gasteiger partial charge < -0.3 is 4.90 Å². The molecule has 1 nitrogen and oxygen atoms in total. The third kappa shape index (κ3) is 5.79. The van der Waals surface area contributed by atoms with Crippen LogP contribution in [0, 0.1) is 0 Å². The van der Waals surface area contributed by atoms with Crippen LogP contribution >= 0.6 is 0 Å². The van der Waals surface area contributed by atoms with E-state index >= 15 is 0 Å². The standard InChI is InChI=1S/C55H59N/c1-51(2)28-30-53(5,6)48-32-38(22-26-45(48)51)42-34-43-41-18-14-15-19-44(41)55(9,10)47(43)35-50(42)56(39-23-20-37(21-24-39)36-16-12-11-13-17-36)40-25-27-46-49(33-40)54(7,8)31-29-52(46,3)4/h11-27,32-35H,28-31H2,1-10H3. The van der Waals surface area contributed by atoms with Crippen molar-refractivity contribution in [3.8, 4) is 33.4 Å². The Morgan fingerprint density at radius 3 is 1.48 bits per heavy atom. The summed E-state index contributed by atoms with van der Waals surface area (Å²) in [6.45, 7) is 24.3. The number of hydrogen-bond acceptors (Lipinski definition) is 1. The number of nitrogens with zero attached hydrogens (tertiary/aromatic N) is 1. The van der Waals surface area contributed by atoms with Gasteiger partial charge in [0.05, 0.1) is 5.69 Å². The smallest absolute Gasteiger partial charge is 0.0543 e. The first-order valence-electron chi connectivity index (χ1n) is 21.0. The highest BCUT2D eigenvalue weighted by Gasteiger charge is 2.41. The van der Waals surface area contributed by atoms with E-state index in [1.165, 1.54) is 110 Å². The summed E-state index contributed by atoms with van der Waals surface area (Å²) in [6.07, 6.45) is 4.78. The van der Waals surface area contributed by atoms with E-state index in [1.807, 2.05) is 0 Å². The Hall–Kier alpha value is -4.88. The van der Waals surface area contributed by atoms with Gasteiger partial charge in [-0.1, -0.05) is 160 Å². The SMILES string of the molecule is CC1(C)CCC(C)(C)c2cc(-c3cc4c(cc3N(c3ccc(-c5ccccc5)cc3)c3ccc5c(c3)C(C)(C)CCC5(C)C)C(C)(C)c3ccccc3-4)ccc21. The van der Waals surface area contributed by atoms with Crippen LogP contribution in [0.2, 0.25) is 0 Å². The van der Waals surface area contributed by atoms with Crippen LogP contribution in [-0.2, 0) is 27.1 Å². The summed E-state index contributed by atoms with van der Waals surface area (Å²) in [6, 6.07) is 49.1. The van der Waals surface area contributed by atoms with Crippen LogP contribution < -0.4 is 4.90 Å². The van der Waals surface area contributed by atoms with E-state index in [4.69, 9.17) is 0 Å². The molecule has 0 fully saturated rings. The van der Waals surface area contributed by atoms with Crippen molar-refractivity contribution in [1.29, 1.82) is 0 Å². The Kier molecular flexibility index (Phi) is 8.24. The molecule has 0 unspecified atom stereocenters. The van der Waals surface area contributed by atoms with Gasteiger partial charge in [-0.2, -0.15) is 0 Å². The lowest BCUT2D eigenvalue weighted by Crippen LogP contribution is -2.34. The maximum absolute atomic E-state index is 2.58. The van der Waals surface area contributed by atoms with E-state index in [2.05, 4.69) is 202 Å². The van der Waals surface area contributed by atoms with Gasteiger partial charge in [-0.15, -0.1) is 0 Å². The zero-order chi connectivity index (χ0) is 39.4. The minimum Gasteiger partial charge on any atom is -0.310 e. The molecular weight excluding hydrogens is 675 g/mol. The zero-order valence-electron chi connectivity index (χ0n) is 35.4. The van der Waals surface area contributed by atoms with Gasteiger partial charge in [-0.25, -0.2) is 0 Å². The van der Waals surface area contributed by atoms with Crippen molar-refractivity contribution in [3.63, 3.8) is 0 Å². The van der Waals surface area contributed by atoms with Crippen molar-refractivity contribution in [2.24, 2.45) is 0 Å². The lowest BCUT2D eigenvalue weighted by molar-refractivity contribution is 0.332. The topological polar surface area (TPSA) is 3.24 Å². The van der Waals surface area contributed by atoms with Crippen LogP contribution in [0.1, 0.15) is 128 Å². The van der Waals surface area contributed by atoms with Gasteiger partial charge in [0.15, 0.2) is 0 Å². The second-order valence-corrected chi connectivity index (χ2v) is 20.4. The Bertz CT molecular complexity index is 2490. The molecule has 0 bridgehead atoms. The molecule has 284 valence electrons. The van der Waals surface area contributed by atoms with E-state index in [0.29, 0.717) is 0 Å². The van der Waals surface area contributed by atoms with E-state index in [9.17, 15) is 0 Å². The quantitative estimate of drug-likeness (QED) is 0.171. The molecule has 0 heterocycles. The van der Waals surface area contributed by atoms with E-state index in [-0.39, 0.29) is 27.1 Å². The molecule has 0 spiro atoms. The summed E-state index contributed by atoms with van der Waals surface area (Å²) in [4.78, 5) is 2.58. The summed E-state index contributed by atoms with van der Waals surface area (Å²) in [5, 5.41) is 0.